The minimum atomic E-state index is 0.205. The molecule has 0 aliphatic carbocycles. The van der Waals surface area contributed by atoms with Crippen molar-refractivity contribution >= 4 is 0 Å². The lowest BCUT2D eigenvalue weighted by atomic mass is 9.95. The molecule has 2 atom stereocenters. The summed E-state index contributed by atoms with van der Waals surface area (Å²) in [6.07, 6.45) is 1.01. The molecule has 1 aromatic carbocycles. The van der Waals surface area contributed by atoms with E-state index in [1.807, 2.05) is 0 Å². The Morgan fingerprint density at radius 2 is 1.82 bits per heavy atom. The summed E-state index contributed by atoms with van der Waals surface area (Å²) in [6.45, 7) is 10.8. The zero-order chi connectivity index (χ0) is 12.8. The van der Waals surface area contributed by atoms with Gasteiger partial charge >= 0.3 is 0 Å². The van der Waals surface area contributed by atoms with Gasteiger partial charge in [0.15, 0.2) is 0 Å². The fraction of sp³-hybridized carbons (Fsp3) is 0.600. The minimum Gasteiger partial charge on any atom is -0.326 e. The van der Waals surface area contributed by atoms with Gasteiger partial charge in [-0.1, -0.05) is 50.6 Å². The van der Waals surface area contributed by atoms with E-state index in [0.29, 0.717) is 6.04 Å². The van der Waals surface area contributed by atoms with Crippen LogP contribution in [-0.2, 0) is 0 Å². The van der Waals surface area contributed by atoms with E-state index >= 15 is 0 Å². The molecule has 1 rings (SSSR count). The summed E-state index contributed by atoms with van der Waals surface area (Å²) < 4.78 is 0. The molecule has 17 heavy (non-hydrogen) atoms. The van der Waals surface area contributed by atoms with Gasteiger partial charge in [-0.05, 0) is 32.0 Å². The molecular weight excluding hydrogens is 208 g/mol. The first kappa shape index (κ1) is 14.2. The lowest BCUT2D eigenvalue weighted by Gasteiger charge is -2.34. The van der Waals surface area contributed by atoms with Crippen molar-refractivity contribution in [3.63, 3.8) is 0 Å². The standard InChI is InChI=1S/C15H26N2/c1-5-14(16)15(17(6-2)7-3)13-10-8-9-12(4)11-13/h8-11,14-15H,5-7,16H2,1-4H3. The molecule has 2 unspecified atom stereocenters. The lowest BCUT2D eigenvalue weighted by molar-refractivity contribution is 0.187. The molecule has 0 radical (unpaired) electrons. The van der Waals surface area contributed by atoms with E-state index in [2.05, 4.69) is 56.9 Å². The first-order chi connectivity index (χ1) is 8.13. The Hall–Kier alpha value is -0.860. The molecule has 2 heteroatoms. The summed E-state index contributed by atoms with van der Waals surface area (Å²) >= 11 is 0. The van der Waals surface area contributed by atoms with Crippen LogP contribution >= 0.6 is 0 Å². The van der Waals surface area contributed by atoms with Crippen LogP contribution in [0.15, 0.2) is 24.3 Å². The van der Waals surface area contributed by atoms with Crippen molar-refractivity contribution in [2.45, 2.75) is 46.2 Å². The van der Waals surface area contributed by atoms with Gasteiger partial charge in [0, 0.05) is 12.1 Å². The third-order valence-electron chi connectivity index (χ3n) is 3.47. The van der Waals surface area contributed by atoms with Crippen molar-refractivity contribution in [2.75, 3.05) is 13.1 Å². The molecule has 2 N–H and O–H groups in total. The van der Waals surface area contributed by atoms with Crippen LogP contribution in [0.4, 0.5) is 0 Å². The second-order valence-corrected chi connectivity index (χ2v) is 4.65. The fourth-order valence-corrected chi connectivity index (χ4v) is 2.42. The van der Waals surface area contributed by atoms with E-state index in [-0.39, 0.29) is 6.04 Å². The molecular formula is C15H26N2. The molecule has 2 nitrogen and oxygen atoms in total. The van der Waals surface area contributed by atoms with Gasteiger partial charge in [0.1, 0.15) is 0 Å². The van der Waals surface area contributed by atoms with E-state index in [4.69, 9.17) is 5.73 Å². The molecule has 0 aliphatic rings. The maximum atomic E-state index is 6.31. The molecule has 0 spiro atoms. The van der Waals surface area contributed by atoms with Gasteiger partial charge in [-0.25, -0.2) is 0 Å². The van der Waals surface area contributed by atoms with Crippen LogP contribution in [0, 0.1) is 6.92 Å². The van der Waals surface area contributed by atoms with Crippen molar-refractivity contribution in [2.24, 2.45) is 5.73 Å². The fourth-order valence-electron chi connectivity index (χ4n) is 2.42. The predicted octanol–water partition coefficient (Wildman–Crippen LogP) is 3.12. The Bertz CT molecular complexity index is 331. The molecule has 0 heterocycles. The van der Waals surface area contributed by atoms with Gasteiger partial charge in [-0.15, -0.1) is 0 Å². The minimum absolute atomic E-state index is 0.205. The van der Waals surface area contributed by atoms with Crippen LogP contribution < -0.4 is 5.73 Å². The summed E-state index contributed by atoms with van der Waals surface area (Å²) in [5.41, 5.74) is 8.97. The van der Waals surface area contributed by atoms with Crippen LogP contribution in [0.3, 0.4) is 0 Å². The van der Waals surface area contributed by atoms with E-state index in [9.17, 15) is 0 Å². The topological polar surface area (TPSA) is 29.3 Å². The second-order valence-electron chi connectivity index (χ2n) is 4.65. The summed E-state index contributed by atoms with van der Waals surface area (Å²) in [4.78, 5) is 2.45. The number of likely N-dealkylation sites (N-methyl/N-ethyl adjacent to an activating group) is 1. The number of nitrogens with two attached hydrogens (primary N) is 1. The summed E-state index contributed by atoms with van der Waals surface area (Å²) in [5.74, 6) is 0. The van der Waals surface area contributed by atoms with Gasteiger partial charge in [0.2, 0.25) is 0 Å². The molecule has 1 aromatic rings. The number of hydrogen-bond acceptors (Lipinski definition) is 2. The summed E-state index contributed by atoms with van der Waals surface area (Å²) in [5, 5.41) is 0. The molecule has 96 valence electrons. The zero-order valence-corrected chi connectivity index (χ0v) is 11.6. The molecule has 0 amide bonds. The molecule has 0 aromatic heterocycles. The highest BCUT2D eigenvalue weighted by atomic mass is 15.2. The highest BCUT2D eigenvalue weighted by molar-refractivity contribution is 5.26. The Kier molecular flexibility index (Phi) is 5.66. The van der Waals surface area contributed by atoms with Crippen LogP contribution in [0.5, 0.6) is 0 Å². The van der Waals surface area contributed by atoms with E-state index in [0.717, 1.165) is 19.5 Å². The molecule has 0 saturated heterocycles. The van der Waals surface area contributed by atoms with Gasteiger partial charge < -0.3 is 5.73 Å². The zero-order valence-electron chi connectivity index (χ0n) is 11.6. The Labute approximate surface area is 106 Å². The van der Waals surface area contributed by atoms with Gasteiger partial charge in [-0.2, -0.15) is 0 Å². The predicted molar refractivity (Wildman–Crippen MR) is 75.1 cm³/mol. The molecule has 0 aliphatic heterocycles. The van der Waals surface area contributed by atoms with E-state index in [1.54, 1.807) is 0 Å². The van der Waals surface area contributed by atoms with Crippen molar-refractivity contribution in [1.29, 1.82) is 0 Å². The number of rotatable bonds is 6. The third-order valence-corrected chi connectivity index (χ3v) is 3.47. The Morgan fingerprint density at radius 1 is 1.18 bits per heavy atom. The highest BCUT2D eigenvalue weighted by Crippen LogP contribution is 2.25. The van der Waals surface area contributed by atoms with Gasteiger partial charge in [0.25, 0.3) is 0 Å². The average Bonchev–Trinajstić information content (AvgIpc) is 2.34. The maximum absolute atomic E-state index is 6.31. The van der Waals surface area contributed by atoms with Crippen molar-refractivity contribution in [3.05, 3.63) is 35.4 Å². The molecule has 0 saturated carbocycles. The SMILES string of the molecule is CCC(N)C(c1cccc(C)c1)N(CC)CC. The lowest BCUT2D eigenvalue weighted by Crippen LogP contribution is -2.40. The van der Waals surface area contributed by atoms with E-state index in [1.165, 1.54) is 11.1 Å². The second kappa shape index (κ2) is 6.77. The largest absolute Gasteiger partial charge is 0.326 e. The normalized spacial score (nSPS) is 14.9. The number of aryl methyl sites for hydroxylation is 1. The van der Waals surface area contributed by atoms with Gasteiger partial charge in [0.05, 0.1) is 0 Å². The van der Waals surface area contributed by atoms with Crippen LogP contribution in [-0.4, -0.2) is 24.0 Å². The Balaban J connectivity index is 3.05. The van der Waals surface area contributed by atoms with Gasteiger partial charge in [-0.3, -0.25) is 4.90 Å². The summed E-state index contributed by atoms with van der Waals surface area (Å²) in [7, 11) is 0. The van der Waals surface area contributed by atoms with Crippen molar-refractivity contribution < 1.29 is 0 Å². The Morgan fingerprint density at radius 3 is 2.29 bits per heavy atom. The first-order valence-electron chi connectivity index (χ1n) is 6.70. The first-order valence-corrected chi connectivity index (χ1v) is 6.70. The third kappa shape index (κ3) is 3.55. The number of hydrogen-bond donors (Lipinski definition) is 1. The van der Waals surface area contributed by atoms with E-state index < -0.39 is 0 Å². The van der Waals surface area contributed by atoms with Crippen LogP contribution in [0.1, 0.15) is 44.4 Å². The van der Waals surface area contributed by atoms with Crippen LogP contribution in [0.25, 0.3) is 0 Å². The quantitative estimate of drug-likeness (QED) is 0.819. The maximum Gasteiger partial charge on any atom is 0.0498 e. The highest BCUT2D eigenvalue weighted by Gasteiger charge is 2.23. The summed E-state index contributed by atoms with van der Waals surface area (Å²) in [6, 6.07) is 9.28. The monoisotopic (exact) mass is 234 g/mol. The van der Waals surface area contributed by atoms with Crippen LogP contribution in [0.2, 0.25) is 0 Å². The van der Waals surface area contributed by atoms with Crippen molar-refractivity contribution in [3.8, 4) is 0 Å². The average molecular weight is 234 g/mol. The molecule has 0 bridgehead atoms. The number of nitrogens with zero attached hydrogens (tertiary/aromatic N) is 1. The smallest absolute Gasteiger partial charge is 0.0498 e. The number of benzene rings is 1. The molecule has 0 fully saturated rings. The van der Waals surface area contributed by atoms with Crippen molar-refractivity contribution in [1.82, 2.24) is 4.90 Å².